The summed E-state index contributed by atoms with van der Waals surface area (Å²) in [5.41, 5.74) is 0.958. The summed E-state index contributed by atoms with van der Waals surface area (Å²) in [6.07, 6.45) is 5.99. The Bertz CT molecular complexity index is 607. The van der Waals surface area contributed by atoms with Crippen LogP contribution in [0.25, 0.3) is 0 Å². The van der Waals surface area contributed by atoms with Gasteiger partial charge in [0.25, 0.3) is 0 Å². The van der Waals surface area contributed by atoms with E-state index in [0.29, 0.717) is 13.0 Å². The van der Waals surface area contributed by atoms with Crippen LogP contribution < -0.4 is 15.5 Å². The molecule has 1 unspecified atom stereocenters. The molecular formula is C21H34N4O2. The zero-order valence-electron chi connectivity index (χ0n) is 17.1. The van der Waals surface area contributed by atoms with E-state index in [0.717, 1.165) is 24.5 Å². The van der Waals surface area contributed by atoms with Crippen molar-refractivity contribution in [3.8, 4) is 0 Å². The number of rotatable bonds is 8. The van der Waals surface area contributed by atoms with Crippen LogP contribution in [-0.4, -0.2) is 35.9 Å². The van der Waals surface area contributed by atoms with Gasteiger partial charge in [0.05, 0.1) is 0 Å². The molecule has 0 radical (unpaired) electrons. The summed E-state index contributed by atoms with van der Waals surface area (Å²) < 4.78 is 0. The molecule has 0 aromatic carbocycles. The van der Waals surface area contributed by atoms with Crippen LogP contribution in [0, 0.1) is 11.8 Å². The third-order valence-corrected chi connectivity index (χ3v) is 4.82. The summed E-state index contributed by atoms with van der Waals surface area (Å²) in [6.45, 7) is 10.4. The standard InChI is InChI=1S/C21H34N4O2/c1-15(2)12-19(26)24-20(16(3)4)21(27)23-14-17-8-9-18(22-13-17)25-10-6-5-7-11-25/h8-9,13,15-16,20H,5-7,10-12,14H2,1-4H3,(H,23,27)(H,24,26). The molecule has 1 aliphatic heterocycles. The minimum Gasteiger partial charge on any atom is -0.357 e. The third kappa shape index (κ3) is 6.85. The zero-order chi connectivity index (χ0) is 19.8. The molecule has 2 rings (SSSR count). The van der Waals surface area contributed by atoms with E-state index in [4.69, 9.17) is 0 Å². The average molecular weight is 375 g/mol. The van der Waals surface area contributed by atoms with Crippen molar-refractivity contribution in [2.24, 2.45) is 11.8 Å². The maximum absolute atomic E-state index is 12.5. The number of pyridine rings is 1. The van der Waals surface area contributed by atoms with Crippen LogP contribution in [0.1, 0.15) is 58.9 Å². The Labute approximate surface area is 163 Å². The van der Waals surface area contributed by atoms with Gasteiger partial charge in [0.1, 0.15) is 11.9 Å². The second-order valence-corrected chi connectivity index (χ2v) is 8.18. The Morgan fingerprint density at radius 1 is 1.11 bits per heavy atom. The molecule has 1 saturated heterocycles. The van der Waals surface area contributed by atoms with E-state index in [2.05, 4.69) is 20.5 Å². The predicted octanol–water partition coefficient (Wildman–Crippen LogP) is 2.88. The second-order valence-electron chi connectivity index (χ2n) is 8.18. The molecule has 1 atom stereocenters. The van der Waals surface area contributed by atoms with Crippen LogP contribution in [0.3, 0.4) is 0 Å². The van der Waals surface area contributed by atoms with Crippen molar-refractivity contribution in [2.75, 3.05) is 18.0 Å². The molecule has 2 amide bonds. The number of carbonyl (C=O) groups is 2. The smallest absolute Gasteiger partial charge is 0.243 e. The predicted molar refractivity (Wildman–Crippen MR) is 108 cm³/mol. The molecule has 2 N–H and O–H groups in total. The van der Waals surface area contributed by atoms with Crippen LogP contribution in [0.4, 0.5) is 5.82 Å². The molecule has 0 spiro atoms. The van der Waals surface area contributed by atoms with E-state index in [9.17, 15) is 9.59 Å². The van der Waals surface area contributed by atoms with Crippen LogP contribution in [0.2, 0.25) is 0 Å². The van der Waals surface area contributed by atoms with Gasteiger partial charge in [0.2, 0.25) is 11.8 Å². The highest BCUT2D eigenvalue weighted by Gasteiger charge is 2.24. The molecule has 27 heavy (non-hydrogen) atoms. The number of hydrogen-bond acceptors (Lipinski definition) is 4. The Morgan fingerprint density at radius 2 is 1.81 bits per heavy atom. The lowest BCUT2D eigenvalue weighted by molar-refractivity contribution is -0.130. The fraction of sp³-hybridized carbons (Fsp3) is 0.667. The number of nitrogens with one attached hydrogen (secondary N) is 2. The fourth-order valence-electron chi connectivity index (χ4n) is 3.27. The molecule has 6 heteroatoms. The van der Waals surface area contributed by atoms with Crippen molar-refractivity contribution in [3.63, 3.8) is 0 Å². The van der Waals surface area contributed by atoms with E-state index < -0.39 is 6.04 Å². The number of hydrogen-bond donors (Lipinski definition) is 2. The van der Waals surface area contributed by atoms with Crippen LogP contribution in [0.5, 0.6) is 0 Å². The lowest BCUT2D eigenvalue weighted by Crippen LogP contribution is -2.49. The Hall–Kier alpha value is -2.11. The van der Waals surface area contributed by atoms with Gasteiger partial charge in [0, 0.05) is 32.3 Å². The highest BCUT2D eigenvalue weighted by atomic mass is 16.2. The van der Waals surface area contributed by atoms with E-state index in [-0.39, 0.29) is 23.7 Å². The number of anilines is 1. The second kappa shape index (κ2) is 10.3. The Balaban J connectivity index is 1.87. The Morgan fingerprint density at radius 3 is 2.37 bits per heavy atom. The third-order valence-electron chi connectivity index (χ3n) is 4.82. The van der Waals surface area contributed by atoms with Gasteiger partial charge in [-0.25, -0.2) is 4.98 Å². The molecule has 1 aromatic heterocycles. The number of nitrogens with zero attached hydrogens (tertiary/aromatic N) is 2. The molecule has 0 aliphatic carbocycles. The highest BCUT2D eigenvalue weighted by Crippen LogP contribution is 2.17. The van der Waals surface area contributed by atoms with Crippen molar-refractivity contribution in [3.05, 3.63) is 23.9 Å². The first-order valence-electron chi connectivity index (χ1n) is 10.1. The number of piperidine rings is 1. The lowest BCUT2D eigenvalue weighted by Gasteiger charge is -2.27. The molecule has 1 aromatic rings. The molecule has 150 valence electrons. The SMILES string of the molecule is CC(C)CC(=O)NC(C(=O)NCc1ccc(N2CCCCC2)nc1)C(C)C. The van der Waals surface area contributed by atoms with Gasteiger partial charge in [-0.1, -0.05) is 33.8 Å². The molecule has 1 aliphatic rings. The van der Waals surface area contributed by atoms with Crippen molar-refractivity contribution in [2.45, 2.75) is 66.0 Å². The van der Waals surface area contributed by atoms with Crippen LogP contribution in [0.15, 0.2) is 18.3 Å². The normalized spacial score (nSPS) is 15.7. The number of aromatic nitrogens is 1. The minimum absolute atomic E-state index is 0.0284. The maximum Gasteiger partial charge on any atom is 0.243 e. The quantitative estimate of drug-likeness (QED) is 0.734. The van der Waals surface area contributed by atoms with Gasteiger partial charge in [-0.05, 0) is 42.7 Å². The van der Waals surface area contributed by atoms with Gasteiger partial charge in [-0.3, -0.25) is 9.59 Å². The van der Waals surface area contributed by atoms with Crippen LogP contribution >= 0.6 is 0 Å². The molecule has 1 fully saturated rings. The summed E-state index contributed by atoms with van der Waals surface area (Å²) in [5, 5.41) is 5.79. The number of amides is 2. The molecule has 2 heterocycles. The lowest BCUT2D eigenvalue weighted by atomic mass is 10.0. The number of carbonyl (C=O) groups excluding carboxylic acids is 2. The summed E-state index contributed by atoms with van der Waals surface area (Å²) >= 11 is 0. The van der Waals surface area contributed by atoms with Crippen molar-refractivity contribution in [1.29, 1.82) is 0 Å². The molecule has 0 bridgehead atoms. The van der Waals surface area contributed by atoms with Gasteiger partial charge < -0.3 is 15.5 Å². The minimum atomic E-state index is -0.517. The van der Waals surface area contributed by atoms with Crippen molar-refractivity contribution < 1.29 is 9.59 Å². The first-order valence-corrected chi connectivity index (χ1v) is 10.1. The van der Waals surface area contributed by atoms with Crippen LogP contribution in [-0.2, 0) is 16.1 Å². The highest BCUT2D eigenvalue weighted by molar-refractivity contribution is 5.87. The monoisotopic (exact) mass is 374 g/mol. The van der Waals surface area contributed by atoms with Gasteiger partial charge in [-0.2, -0.15) is 0 Å². The fourth-order valence-corrected chi connectivity index (χ4v) is 3.27. The summed E-state index contributed by atoms with van der Waals surface area (Å²) in [7, 11) is 0. The van der Waals surface area contributed by atoms with E-state index in [1.54, 1.807) is 0 Å². The first-order chi connectivity index (χ1) is 12.9. The first kappa shape index (κ1) is 21.2. The summed E-state index contributed by atoms with van der Waals surface area (Å²) in [4.78, 5) is 31.4. The van der Waals surface area contributed by atoms with Crippen molar-refractivity contribution >= 4 is 17.6 Å². The molecule has 6 nitrogen and oxygen atoms in total. The topological polar surface area (TPSA) is 74.3 Å². The summed E-state index contributed by atoms with van der Waals surface area (Å²) in [6, 6.07) is 3.52. The average Bonchev–Trinajstić information content (AvgIpc) is 2.64. The van der Waals surface area contributed by atoms with E-state index in [1.165, 1.54) is 19.3 Å². The maximum atomic E-state index is 12.5. The zero-order valence-corrected chi connectivity index (χ0v) is 17.1. The molecular weight excluding hydrogens is 340 g/mol. The molecule has 0 saturated carbocycles. The van der Waals surface area contributed by atoms with E-state index >= 15 is 0 Å². The largest absolute Gasteiger partial charge is 0.357 e. The van der Waals surface area contributed by atoms with Gasteiger partial charge in [0.15, 0.2) is 0 Å². The summed E-state index contributed by atoms with van der Waals surface area (Å²) in [5.74, 6) is 1.07. The van der Waals surface area contributed by atoms with Crippen molar-refractivity contribution in [1.82, 2.24) is 15.6 Å². The Kier molecular flexibility index (Phi) is 8.07. The van der Waals surface area contributed by atoms with Gasteiger partial charge >= 0.3 is 0 Å². The van der Waals surface area contributed by atoms with E-state index in [1.807, 2.05) is 46.0 Å². The van der Waals surface area contributed by atoms with Gasteiger partial charge in [-0.15, -0.1) is 0 Å².